The number of carbonyl (C=O) groups is 2. The molecule has 1 aromatic heterocycles. The number of aromatic nitrogens is 1. The van der Waals surface area contributed by atoms with Crippen LogP contribution in [0.1, 0.15) is 44.9 Å². The van der Waals surface area contributed by atoms with Gasteiger partial charge in [-0.2, -0.15) is 0 Å². The Morgan fingerprint density at radius 1 is 1.17 bits per heavy atom. The predicted octanol–water partition coefficient (Wildman–Crippen LogP) is 2.60. The number of rotatable bonds is 4. The fourth-order valence-electron chi connectivity index (χ4n) is 3.69. The molecule has 6 nitrogen and oxygen atoms in total. The smallest absolute Gasteiger partial charge is 0.247 e. The van der Waals surface area contributed by atoms with Crippen LogP contribution in [0, 0.1) is 5.92 Å². The number of likely N-dealkylation sites (tertiary alicyclic amines) is 1. The second-order valence-electron chi connectivity index (χ2n) is 6.60. The van der Waals surface area contributed by atoms with Crippen LogP contribution in [0.4, 0.5) is 5.69 Å². The first-order valence-electron chi connectivity index (χ1n) is 8.80. The van der Waals surface area contributed by atoms with Crippen molar-refractivity contribution in [2.45, 2.75) is 51.0 Å². The van der Waals surface area contributed by atoms with Crippen LogP contribution in [0.5, 0.6) is 5.88 Å². The van der Waals surface area contributed by atoms with Crippen molar-refractivity contribution in [2.75, 3.05) is 19.0 Å². The Kier molecular flexibility index (Phi) is 5.33. The average molecular weight is 331 g/mol. The molecule has 0 spiro atoms. The number of ether oxygens (including phenoxy) is 1. The third-order valence-electron chi connectivity index (χ3n) is 5.01. The van der Waals surface area contributed by atoms with Crippen molar-refractivity contribution in [3.63, 3.8) is 0 Å². The zero-order valence-electron chi connectivity index (χ0n) is 14.2. The molecule has 2 aliphatic rings. The van der Waals surface area contributed by atoms with Crippen molar-refractivity contribution in [2.24, 2.45) is 5.92 Å². The first-order valence-corrected chi connectivity index (χ1v) is 8.80. The largest absolute Gasteiger partial charge is 0.481 e. The average Bonchev–Trinajstić information content (AvgIpc) is 3.12. The molecule has 3 rings (SSSR count). The number of hydrogen-bond donors (Lipinski definition) is 1. The number of nitrogens with one attached hydrogen (secondary N) is 1. The van der Waals surface area contributed by atoms with Gasteiger partial charge in [-0.1, -0.05) is 19.3 Å². The van der Waals surface area contributed by atoms with Crippen LogP contribution in [0.25, 0.3) is 0 Å². The van der Waals surface area contributed by atoms with E-state index in [1.165, 1.54) is 6.42 Å². The Morgan fingerprint density at radius 3 is 2.62 bits per heavy atom. The van der Waals surface area contributed by atoms with Gasteiger partial charge < -0.3 is 15.0 Å². The SMILES string of the molecule is COc1ccc(NC(=O)[C@H]2CCCN2C(=O)C2CCCCC2)cn1. The van der Waals surface area contributed by atoms with E-state index in [0.717, 1.165) is 38.5 Å². The Balaban J connectivity index is 1.63. The van der Waals surface area contributed by atoms with Gasteiger partial charge >= 0.3 is 0 Å². The van der Waals surface area contributed by atoms with Crippen LogP contribution in [0.15, 0.2) is 18.3 Å². The molecule has 130 valence electrons. The highest BCUT2D eigenvalue weighted by molar-refractivity contribution is 5.97. The molecule has 6 heteroatoms. The quantitative estimate of drug-likeness (QED) is 0.920. The van der Waals surface area contributed by atoms with E-state index in [1.807, 2.05) is 0 Å². The van der Waals surface area contributed by atoms with Crippen molar-refractivity contribution in [3.8, 4) is 5.88 Å². The van der Waals surface area contributed by atoms with Crippen LogP contribution >= 0.6 is 0 Å². The summed E-state index contributed by atoms with van der Waals surface area (Å²) in [6.45, 7) is 0.689. The van der Waals surface area contributed by atoms with Crippen LogP contribution in [-0.4, -0.2) is 41.4 Å². The number of amides is 2. The van der Waals surface area contributed by atoms with Gasteiger partial charge in [-0.3, -0.25) is 9.59 Å². The van der Waals surface area contributed by atoms with Gasteiger partial charge in [0.05, 0.1) is 19.0 Å². The summed E-state index contributed by atoms with van der Waals surface area (Å²) >= 11 is 0. The van der Waals surface area contributed by atoms with E-state index in [2.05, 4.69) is 10.3 Å². The van der Waals surface area contributed by atoms with Crippen molar-refractivity contribution in [1.82, 2.24) is 9.88 Å². The van der Waals surface area contributed by atoms with E-state index in [1.54, 1.807) is 30.3 Å². The number of nitrogens with zero attached hydrogens (tertiary/aromatic N) is 2. The van der Waals surface area contributed by atoms with Gasteiger partial charge in [0.15, 0.2) is 0 Å². The molecule has 1 atom stereocenters. The molecular formula is C18H25N3O3. The maximum absolute atomic E-state index is 12.8. The Hall–Kier alpha value is -2.11. The highest BCUT2D eigenvalue weighted by atomic mass is 16.5. The Morgan fingerprint density at radius 2 is 1.96 bits per heavy atom. The monoisotopic (exact) mass is 331 g/mol. The Bertz CT molecular complexity index is 582. The maximum Gasteiger partial charge on any atom is 0.247 e. The summed E-state index contributed by atoms with van der Waals surface area (Å²) in [7, 11) is 1.55. The summed E-state index contributed by atoms with van der Waals surface area (Å²) in [6, 6.07) is 3.10. The first kappa shape index (κ1) is 16.7. The number of anilines is 1. The number of pyridine rings is 1. The van der Waals surface area contributed by atoms with Crippen LogP contribution in [-0.2, 0) is 9.59 Å². The normalized spacial score (nSPS) is 21.5. The minimum Gasteiger partial charge on any atom is -0.481 e. The van der Waals surface area contributed by atoms with Crippen molar-refractivity contribution in [1.29, 1.82) is 0 Å². The summed E-state index contributed by atoms with van der Waals surface area (Å²) in [4.78, 5) is 31.3. The lowest BCUT2D eigenvalue weighted by Crippen LogP contribution is -2.46. The first-order chi connectivity index (χ1) is 11.7. The van der Waals surface area contributed by atoms with Gasteiger partial charge in [-0.15, -0.1) is 0 Å². The topological polar surface area (TPSA) is 71.5 Å². The molecule has 1 saturated heterocycles. The highest BCUT2D eigenvalue weighted by Gasteiger charge is 2.37. The standard InChI is InChI=1S/C18H25N3O3/c1-24-16-10-9-14(12-19-16)20-17(22)15-8-5-11-21(15)18(23)13-6-3-2-4-7-13/h9-10,12-13,15H,2-8,11H2,1H3,(H,20,22)/t15-/m1/s1. The lowest BCUT2D eigenvalue weighted by atomic mass is 9.88. The van der Waals surface area contributed by atoms with E-state index in [0.29, 0.717) is 18.1 Å². The van der Waals surface area contributed by atoms with E-state index in [4.69, 9.17) is 4.74 Å². The van der Waals surface area contributed by atoms with Crippen molar-refractivity contribution >= 4 is 17.5 Å². The number of methoxy groups -OCH3 is 1. The second kappa shape index (κ2) is 7.64. The lowest BCUT2D eigenvalue weighted by molar-refractivity contribution is -0.141. The van der Waals surface area contributed by atoms with Crippen LogP contribution in [0.2, 0.25) is 0 Å². The van der Waals surface area contributed by atoms with Crippen molar-refractivity contribution in [3.05, 3.63) is 18.3 Å². The minimum atomic E-state index is -0.360. The maximum atomic E-state index is 12.8. The zero-order chi connectivity index (χ0) is 16.9. The number of carbonyl (C=O) groups excluding carboxylic acids is 2. The van der Waals surface area contributed by atoms with Crippen LogP contribution in [0.3, 0.4) is 0 Å². The third kappa shape index (κ3) is 3.68. The van der Waals surface area contributed by atoms with E-state index >= 15 is 0 Å². The van der Waals surface area contributed by atoms with Crippen molar-refractivity contribution < 1.29 is 14.3 Å². The zero-order valence-corrected chi connectivity index (χ0v) is 14.2. The molecule has 24 heavy (non-hydrogen) atoms. The molecule has 1 N–H and O–H groups in total. The molecule has 2 amide bonds. The Labute approximate surface area is 142 Å². The molecule has 1 aliphatic carbocycles. The van der Waals surface area contributed by atoms with Crippen LogP contribution < -0.4 is 10.1 Å². The fourth-order valence-corrected chi connectivity index (χ4v) is 3.69. The molecule has 0 unspecified atom stereocenters. The predicted molar refractivity (Wildman–Crippen MR) is 90.7 cm³/mol. The summed E-state index contributed by atoms with van der Waals surface area (Å²) in [5, 5.41) is 2.87. The lowest BCUT2D eigenvalue weighted by Gasteiger charge is -2.30. The minimum absolute atomic E-state index is 0.106. The molecular weight excluding hydrogens is 306 g/mol. The van der Waals surface area contributed by atoms with Gasteiger partial charge in [0, 0.05) is 18.5 Å². The second-order valence-corrected chi connectivity index (χ2v) is 6.60. The molecule has 0 radical (unpaired) electrons. The van der Waals surface area contributed by atoms with Gasteiger partial charge in [-0.25, -0.2) is 4.98 Å². The molecule has 1 aromatic rings. The summed E-state index contributed by atoms with van der Waals surface area (Å²) < 4.78 is 5.01. The fraction of sp³-hybridized carbons (Fsp3) is 0.611. The van der Waals surface area contributed by atoms with E-state index in [-0.39, 0.29) is 23.8 Å². The molecule has 0 aromatic carbocycles. The highest BCUT2D eigenvalue weighted by Crippen LogP contribution is 2.29. The molecule has 2 heterocycles. The molecule has 0 bridgehead atoms. The van der Waals surface area contributed by atoms with Gasteiger partial charge in [-0.05, 0) is 31.7 Å². The third-order valence-corrected chi connectivity index (χ3v) is 5.01. The molecule has 1 saturated carbocycles. The summed E-state index contributed by atoms with van der Waals surface area (Å²) in [5.74, 6) is 0.654. The summed E-state index contributed by atoms with van der Waals surface area (Å²) in [6.07, 6.45) is 8.58. The summed E-state index contributed by atoms with van der Waals surface area (Å²) in [5.41, 5.74) is 0.623. The van der Waals surface area contributed by atoms with Gasteiger partial charge in [0.25, 0.3) is 0 Å². The molecule has 2 fully saturated rings. The van der Waals surface area contributed by atoms with Gasteiger partial charge in [0.1, 0.15) is 6.04 Å². The van der Waals surface area contributed by atoms with E-state index < -0.39 is 0 Å². The van der Waals surface area contributed by atoms with Gasteiger partial charge in [0.2, 0.25) is 17.7 Å². The van der Waals surface area contributed by atoms with E-state index in [9.17, 15) is 9.59 Å². The number of hydrogen-bond acceptors (Lipinski definition) is 4. The molecule has 1 aliphatic heterocycles.